The molecule has 2 rings (SSSR count). The van der Waals surface area contributed by atoms with Crippen molar-refractivity contribution in [3.63, 3.8) is 0 Å². The molecule has 6 nitrogen and oxygen atoms in total. The van der Waals surface area contributed by atoms with Crippen LogP contribution in [0.5, 0.6) is 0 Å². The largest absolute Gasteiger partial charge is 0.461 e. The van der Waals surface area contributed by atoms with Gasteiger partial charge in [-0.15, -0.1) is 0 Å². The van der Waals surface area contributed by atoms with Gasteiger partial charge in [0, 0.05) is 17.5 Å². The van der Waals surface area contributed by atoms with Crippen molar-refractivity contribution in [2.24, 2.45) is 5.73 Å². The summed E-state index contributed by atoms with van der Waals surface area (Å²) < 4.78 is 5.27. The van der Waals surface area contributed by atoms with Crippen LogP contribution in [0.1, 0.15) is 16.1 Å². The molecule has 0 saturated heterocycles. The third kappa shape index (κ3) is 1.50. The normalized spacial score (nSPS) is 10.6. The summed E-state index contributed by atoms with van der Waals surface area (Å²) in [6.07, 6.45) is 0. The summed E-state index contributed by atoms with van der Waals surface area (Å²) >= 11 is 0. The monoisotopic (exact) mass is 220 g/mol. The van der Waals surface area contributed by atoms with Crippen LogP contribution in [0.2, 0.25) is 0 Å². The van der Waals surface area contributed by atoms with Gasteiger partial charge in [-0.3, -0.25) is 14.9 Å². The van der Waals surface area contributed by atoms with Gasteiger partial charge in [0.1, 0.15) is 11.3 Å². The SMILES string of the molecule is Cc1cc2cc([N+](=O)[O-])cc(C(N)=O)c2o1. The van der Waals surface area contributed by atoms with Crippen molar-refractivity contribution >= 4 is 22.6 Å². The smallest absolute Gasteiger partial charge is 0.271 e. The molecule has 82 valence electrons. The second kappa shape index (κ2) is 3.34. The van der Waals surface area contributed by atoms with Crippen molar-refractivity contribution in [3.05, 3.63) is 39.6 Å². The lowest BCUT2D eigenvalue weighted by atomic mass is 10.1. The molecule has 2 N–H and O–H groups in total. The predicted molar refractivity (Wildman–Crippen MR) is 56.1 cm³/mol. The maximum atomic E-state index is 11.1. The molecule has 0 saturated carbocycles. The van der Waals surface area contributed by atoms with Gasteiger partial charge in [0.05, 0.1) is 10.5 Å². The number of benzene rings is 1. The molecule has 0 aliphatic heterocycles. The summed E-state index contributed by atoms with van der Waals surface area (Å²) in [6, 6.07) is 4.08. The number of amides is 1. The van der Waals surface area contributed by atoms with E-state index in [0.29, 0.717) is 11.1 Å². The van der Waals surface area contributed by atoms with E-state index in [0.717, 1.165) is 6.07 Å². The number of nitrogens with two attached hydrogens (primary N) is 1. The average Bonchev–Trinajstić information content (AvgIpc) is 2.55. The first-order valence-corrected chi connectivity index (χ1v) is 4.47. The molecular weight excluding hydrogens is 212 g/mol. The van der Waals surface area contributed by atoms with Crippen LogP contribution in [0.4, 0.5) is 5.69 Å². The molecule has 1 aromatic carbocycles. The minimum atomic E-state index is -0.747. The Bertz CT molecular complexity index is 600. The highest BCUT2D eigenvalue weighted by Crippen LogP contribution is 2.27. The number of aryl methyl sites for hydroxylation is 1. The lowest BCUT2D eigenvalue weighted by Crippen LogP contribution is -2.11. The minimum Gasteiger partial charge on any atom is -0.461 e. The summed E-state index contributed by atoms with van der Waals surface area (Å²) in [7, 11) is 0. The second-order valence-electron chi connectivity index (χ2n) is 3.39. The number of non-ortho nitro benzene ring substituents is 1. The summed E-state index contributed by atoms with van der Waals surface area (Å²) in [5, 5.41) is 11.1. The molecule has 0 radical (unpaired) electrons. The molecule has 0 spiro atoms. The van der Waals surface area contributed by atoms with Crippen LogP contribution in [0.15, 0.2) is 22.6 Å². The Morgan fingerprint density at radius 1 is 1.44 bits per heavy atom. The van der Waals surface area contributed by atoms with E-state index >= 15 is 0 Å². The lowest BCUT2D eigenvalue weighted by molar-refractivity contribution is -0.384. The number of nitrogens with zero attached hydrogens (tertiary/aromatic N) is 1. The zero-order chi connectivity index (χ0) is 11.9. The van der Waals surface area contributed by atoms with Crippen molar-refractivity contribution in [1.29, 1.82) is 0 Å². The molecule has 0 fully saturated rings. The van der Waals surface area contributed by atoms with Gasteiger partial charge in [0.2, 0.25) is 0 Å². The zero-order valence-corrected chi connectivity index (χ0v) is 8.39. The van der Waals surface area contributed by atoms with E-state index in [2.05, 4.69) is 0 Å². The third-order valence-electron chi connectivity index (χ3n) is 2.20. The molecule has 1 heterocycles. The highest BCUT2D eigenvalue weighted by Gasteiger charge is 2.17. The van der Waals surface area contributed by atoms with Crippen LogP contribution in [0.3, 0.4) is 0 Å². The molecule has 16 heavy (non-hydrogen) atoms. The summed E-state index contributed by atoms with van der Waals surface area (Å²) in [5.74, 6) is -0.180. The third-order valence-corrected chi connectivity index (χ3v) is 2.20. The van der Waals surface area contributed by atoms with Gasteiger partial charge >= 0.3 is 0 Å². The Morgan fingerprint density at radius 2 is 2.12 bits per heavy atom. The number of furan rings is 1. The van der Waals surface area contributed by atoms with Crippen molar-refractivity contribution in [2.45, 2.75) is 6.92 Å². The number of nitro groups is 1. The lowest BCUT2D eigenvalue weighted by Gasteiger charge is -1.97. The Hall–Kier alpha value is -2.37. The second-order valence-corrected chi connectivity index (χ2v) is 3.39. The van der Waals surface area contributed by atoms with Gasteiger partial charge in [-0.2, -0.15) is 0 Å². The number of hydrogen-bond donors (Lipinski definition) is 1. The van der Waals surface area contributed by atoms with Crippen LogP contribution >= 0.6 is 0 Å². The quantitative estimate of drug-likeness (QED) is 0.615. The molecule has 0 aliphatic rings. The van der Waals surface area contributed by atoms with Crippen LogP contribution < -0.4 is 5.73 Å². The summed E-state index contributed by atoms with van der Waals surface area (Å²) in [6.45, 7) is 1.69. The fourth-order valence-electron chi connectivity index (χ4n) is 1.55. The van der Waals surface area contributed by atoms with E-state index in [1.807, 2.05) is 0 Å². The van der Waals surface area contributed by atoms with E-state index < -0.39 is 10.8 Å². The number of rotatable bonds is 2. The van der Waals surface area contributed by atoms with Gasteiger partial charge in [0.15, 0.2) is 0 Å². The summed E-state index contributed by atoms with van der Waals surface area (Å²) in [4.78, 5) is 21.2. The van der Waals surface area contributed by atoms with E-state index in [1.54, 1.807) is 13.0 Å². The van der Waals surface area contributed by atoms with E-state index in [-0.39, 0.29) is 16.8 Å². The maximum absolute atomic E-state index is 11.1. The molecule has 0 aliphatic carbocycles. The highest BCUT2D eigenvalue weighted by molar-refractivity contribution is 6.05. The number of hydrogen-bond acceptors (Lipinski definition) is 4. The standard InChI is InChI=1S/C10H8N2O4/c1-5-2-6-3-7(12(14)15)4-8(10(11)13)9(6)16-5/h2-4H,1H3,(H2,11,13). The number of primary amides is 1. The molecule has 0 unspecified atom stereocenters. The van der Waals surface area contributed by atoms with Crippen LogP contribution in [-0.2, 0) is 0 Å². The van der Waals surface area contributed by atoms with Crippen molar-refractivity contribution in [3.8, 4) is 0 Å². The first-order valence-electron chi connectivity index (χ1n) is 4.47. The zero-order valence-electron chi connectivity index (χ0n) is 8.39. The fourth-order valence-corrected chi connectivity index (χ4v) is 1.55. The Balaban J connectivity index is 2.83. The van der Waals surface area contributed by atoms with Crippen molar-refractivity contribution in [1.82, 2.24) is 0 Å². The molecule has 1 aromatic heterocycles. The van der Waals surface area contributed by atoms with Crippen LogP contribution in [0.25, 0.3) is 11.0 Å². The summed E-state index contributed by atoms with van der Waals surface area (Å²) in [5.41, 5.74) is 5.27. The molecule has 0 bridgehead atoms. The number of carbonyl (C=O) groups is 1. The predicted octanol–water partition coefficient (Wildman–Crippen LogP) is 1.75. The van der Waals surface area contributed by atoms with Gasteiger partial charge in [-0.1, -0.05) is 0 Å². The van der Waals surface area contributed by atoms with Gasteiger partial charge in [-0.25, -0.2) is 0 Å². The molecule has 0 atom stereocenters. The molecule has 1 amide bonds. The van der Waals surface area contributed by atoms with Gasteiger partial charge < -0.3 is 10.2 Å². The average molecular weight is 220 g/mol. The fraction of sp³-hybridized carbons (Fsp3) is 0.100. The Labute approximate surface area is 89.8 Å². The Kier molecular flexibility index (Phi) is 2.12. The van der Waals surface area contributed by atoms with E-state index in [1.165, 1.54) is 6.07 Å². The minimum absolute atomic E-state index is 0.0253. The number of nitro benzene ring substituents is 1. The van der Waals surface area contributed by atoms with Gasteiger partial charge in [0.25, 0.3) is 11.6 Å². The first kappa shape index (κ1) is 10.2. The molecule has 6 heteroatoms. The number of fused-ring (bicyclic) bond motifs is 1. The molecular formula is C10H8N2O4. The van der Waals surface area contributed by atoms with E-state index in [9.17, 15) is 14.9 Å². The van der Waals surface area contributed by atoms with Crippen LogP contribution in [0, 0.1) is 17.0 Å². The number of carbonyl (C=O) groups excluding carboxylic acids is 1. The van der Waals surface area contributed by atoms with E-state index in [4.69, 9.17) is 10.2 Å². The Morgan fingerprint density at radius 3 is 2.69 bits per heavy atom. The maximum Gasteiger partial charge on any atom is 0.271 e. The van der Waals surface area contributed by atoms with Crippen LogP contribution in [-0.4, -0.2) is 10.8 Å². The first-order chi connectivity index (χ1) is 7.49. The van der Waals surface area contributed by atoms with Gasteiger partial charge in [-0.05, 0) is 13.0 Å². The van der Waals surface area contributed by atoms with Crippen molar-refractivity contribution < 1.29 is 14.1 Å². The highest BCUT2D eigenvalue weighted by atomic mass is 16.6. The van der Waals surface area contributed by atoms with Crippen molar-refractivity contribution in [2.75, 3.05) is 0 Å². The topological polar surface area (TPSA) is 99.4 Å². The molecule has 2 aromatic rings.